The zero-order valence-electron chi connectivity index (χ0n) is 11.9. The number of carbonyl (C=O) groups is 1. The van der Waals surface area contributed by atoms with E-state index in [1.807, 2.05) is 26.0 Å². The summed E-state index contributed by atoms with van der Waals surface area (Å²) in [5.41, 5.74) is 0.718. The Morgan fingerprint density at radius 2 is 2.00 bits per heavy atom. The Kier molecular flexibility index (Phi) is 4.70. The molecule has 0 bridgehead atoms. The third kappa shape index (κ3) is 5.66. The molecule has 1 aromatic heterocycles. The second kappa shape index (κ2) is 5.85. The number of rotatable bonds is 4. The van der Waals surface area contributed by atoms with Crippen molar-refractivity contribution in [2.75, 3.05) is 10.6 Å². The van der Waals surface area contributed by atoms with E-state index in [1.165, 1.54) is 0 Å². The molecule has 0 saturated carbocycles. The van der Waals surface area contributed by atoms with Crippen molar-refractivity contribution >= 4 is 17.4 Å². The summed E-state index contributed by atoms with van der Waals surface area (Å²) in [4.78, 5) is 15.9. The highest BCUT2D eigenvalue weighted by Crippen LogP contribution is 2.15. The molecule has 0 aliphatic heterocycles. The highest BCUT2D eigenvalue weighted by atomic mass is 16.1. The van der Waals surface area contributed by atoms with Crippen LogP contribution in [-0.2, 0) is 4.79 Å². The summed E-state index contributed by atoms with van der Waals surface area (Å²) in [7, 11) is 0. The van der Waals surface area contributed by atoms with Crippen LogP contribution in [0.15, 0.2) is 18.3 Å². The lowest BCUT2D eigenvalue weighted by molar-refractivity contribution is -0.116. The van der Waals surface area contributed by atoms with Gasteiger partial charge in [0.1, 0.15) is 5.82 Å². The van der Waals surface area contributed by atoms with Crippen LogP contribution in [-0.4, -0.2) is 16.4 Å². The molecule has 4 heteroatoms. The van der Waals surface area contributed by atoms with Gasteiger partial charge in [0.15, 0.2) is 0 Å². The maximum absolute atomic E-state index is 11.6. The number of pyridine rings is 1. The van der Waals surface area contributed by atoms with Crippen molar-refractivity contribution in [3.8, 4) is 0 Å². The highest BCUT2D eigenvalue weighted by molar-refractivity contribution is 5.90. The molecule has 2 N–H and O–H groups in total. The lowest BCUT2D eigenvalue weighted by atomic mass is 10.1. The van der Waals surface area contributed by atoms with Gasteiger partial charge in [-0.3, -0.25) is 4.79 Å². The number of carbonyl (C=O) groups excluding carboxylic acids is 1. The Morgan fingerprint density at radius 3 is 2.44 bits per heavy atom. The molecule has 0 fully saturated rings. The fourth-order valence-electron chi connectivity index (χ4n) is 1.51. The summed E-state index contributed by atoms with van der Waals surface area (Å²) in [5.74, 6) is 1.20. The lowest BCUT2D eigenvalue weighted by Gasteiger charge is -2.21. The number of nitrogens with zero attached hydrogens (tertiary/aromatic N) is 1. The molecule has 0 unspecified atom stereocenters. The minimum atomic E-state index is -0.0184. The zero-order valence-corrected chi connectivity index (χ0v) is 11.9. The van der Waals surface area contributed by atoms with E-state index in [9.17, 15) is 4.79 Å². The van der Waals surface area contributed by atoms with Gasteiger partial charge in [-0.1, -0.05) is 13.8 Å². The molecule has 4 nitrogen and oxygen atoms in total. The summed E-state index contributed by atoms with van der Waals surface area (Å²) in [6.45, 7) is 10.3. The van der Waals surface area contributed by atoms with Crippen LogP contribution in [0.1, 0.15) is 41.0 Å². The van der Waals surface area contributed by atoms with E-state index in [-0.39, 0.29) is 11.4 Å². The van der Waals surface area contributed by atoms with Crippen LogP contribution >= 0.6 is 0 Å². The molecule has 0 saturated heterocycles. The maximum Gasteiger partial charge on any atom is 0.224 e. The molecule has 18 heavy (non-hydrogen) atoms. The third-order valence-corrected chi connectivity index (χ3v) is 2.14. The maximum atomic E-state index is 11.6. The summed E-state index contributed by atoms with van der Waals surface area (Å²) < 4.78 is 0. The third-order valence-electron chi connectivity index (χ3n) is 2.14. The molecule has 0 spiro atoms. The number of amides is 1. The van der Waals surface area contributed by atoms with Crippen molar-refractivity contribution in [1.29, 1.82) is 0 Å². The number of nitrogens with one attached hydrogen (secondary N) is 2. The summed E-state index contributed by atoms with van der Waals surface area (Å²) in [5, 5.41) is 6.10. The van der Waals surface area contributed by atoms with Crippen molar-refractivity contribution in [3.63, 3.8) is 0 Å². The van der Waals surface area contributed by atoms with E-state index in [0.717, 1.165) is 11.5 Å². The van der Waals surface area contributed by atoms with Crippen molar-refractivity contribution in [2.24, 2.45) is 5.92 Å². The van der Waals surface area contributed by atoms with Crippen LogP contribution in [0.5, 0.6) is 0 Å². The fraction of sp³-hybridized carbons (Fsp3) is 0.571. The SMILES string of the molecule is CC(C)CC(=O)Nc1ccc(NC(C)(C)C)nc1. The first-order valence-corrected chi connectivity index (χ1v) is 6.30. The second-order valence-electron chi connectivity index (χ2n) is 5.95. The van der Waals surface area contributed by atoms with E-state index in [0.29, 0.717) is 12.3 Å². The number of aromatic nitrogens is 1. The molecule has 100 valence electrons. The first kappa shape index (κ1) is 14.5. The minimum Gasteiger partial charge on any atom is -0.365 e. The first-order chi connectivity index (χ1) is 8.26. The molecule has 1 amide bonds. The standard InChI is InChI=1S/C14H23N3O/c1-10(2)8-13(18)16-11-6-7-12(15-9-11)17-14(3,4)5/h6-7,9-10H,8H2,1-5H3,(H,15,17)(H,16,18). The van der Waals surface area contributed by atoms with Gasteiger partial charge in [-0.25, -0.2) is 4.98 Å². The largest absolute Gasteiger partial charge is 0.365 e. The van der Waals surface area contributed by atoms with E-state index < -0.39 is 0 Å². The quantitative estimate of drug-likeness (QED) is 0.861. The molecule has 0 aliphatic rings. The Morgan fingerprint density at radius 1 is 1.33 bits per heavy atom. The predicted molar refractivity (Wildman–Crippen MR) is 75.7 cm³/mol. The lowest BCUT2D eigenvalue weighted by Crippen LogP contribution is -2.26. The van der Waals surface area contributed by atoms with Crippen molar-refractivity contribution in [3.05, 3.63) is 18.3 Å². The molecule has 1 heterocycles. The monoisotopic (exact) mass is 249 g/mol. The van der Waals surface area contributed by atoms with Crippen molar-refractivity contribution in [2.45, 2.75) is 46.6 Å². The van der Waals surface area contributed by atoms with Crippen LogP contribution in [0, 0.1) is 5.92 Å². The van der Waals surface area contributed by atoms with Gasteiger partial charge in [-0.05, 0) is 38.8 Å². The van der Waals surface area contributed by atoms with Gasteiger partial charge in [0.2, 0.25) is 5.91 Å². The Balaban J connectivity index is 2.58. The van der Waals surface area contributed by atoms with E-state index in [1.54, 1.807) is 6.20 Å². The van der Waals surface area contributed by atoms with E-state index >= 15 is 0 Å². The average Bonchev–Trinajstić information content (AvgIpc) is 2.17. The van der Waals surface area contributed by atoms with Crippen molar-refractivity contribution in [1.82, 2.24) is 4.98 Å². The van der Waals surface area contributed by atoms with Crippen LogP contribution in [0.4, 0.5) is 11.5 Å². The number of anilines is 2. The fourth-order valence-corrected chi connectivity index (χ4v) is 1.51. The Bertz CT molecular complexity index is 390. The van der Waals surface area contributed by atoms with Crippen LogP contribution < -0.4 is 10.6 Å². The van der Waals surface area contributed by atoms with Gasteiger partial charge < -0.3 is 10.6 Å². The molecule has 0 radical (unpaired) electrons. The first-order valence-electron chi connectivity index (χ1n) is 6.30. The highest BCUT2D eigenvalue weighted by Gasteiger charge is 2.10. The molecule has 0 aromatic carbocycles. The molecule has 1 aromatic rings. The van der Waals surface area contributed by atoms with Crippen LogP contribution in [0.25, 0.3) is 0 Å². The summed E-state index contributed by atoms with van der Waals surface area (Å²) >= 11 is 0. The molecule has 0 aliphatic carbocycles. The Labute approximate surface area is 109 Å². The van der Waals surface area contributed by atoms with Gasteiger partial charge in [-0.2, -0.15) is 0 Å². The summed E-state index contributed by atoms with van der Waals surface area (Å²) in [6.07, 6.45) is 2.20. The van der Waals surface area contributed by atoms with Crippen molar-refractivity contribution < 1.29 is 4.79 Å². The second-order valence-corrected chi connectivity index (χ2v) is 5.95. The molecule has 1 rings (SSSR count). The van der Waals surface area contributed by atoms with Gasteiger partial charge in [0, 0.05) is 12.0 Å². The van der Waals surface area contributed by atoms with Crippen LogP contribution in [0.2, 0.25) is 0 Å². The number of hydrogen-bond donors (Lipinski definition) is 2. The topological polar surface area (TPSA) is 54.0 Å². The summed E-state index contributed by atoms with van der Waals surface area (Å²) in [6, 6.07) is 3.73. The van der Waals surface area contributed by atoms with Gasteiger partial charge in [0.25, 0.3) is 0 Å². The van der Waals surface area contributed by atoms with E-state index in [2.05, 4.69) is 36.4 Å². The predicted octanol–water partition coefficient (Wildman–Crippen LogP) is 3.28. The van der Waals surface area contributed by atoms with Gasteiger partial charge in [-0.15, -0.1) is 0 Å². The smallest absolute Gasteiger partial charge is 0.224 e. The van der Waals surface area contributed by atoms with E-state index in [4.69, 9.17) is 0 Å². The van der Waals surface area contributed by atoms with Crippen LogP contribution in [0.3, 0.4) is 0 Å². The minimum absolute atomic E-state index is 0.0184. The average molecular weight is 249 g/mol. The molecule has 0 atom stereocenters. The zero-order chi connectivity index (χ0) is 13.8. The molecular formula is C14H23N3O. The van der Waals surface area contributed by atoms with Gasteiger partial charge in [0.05, 0.1) is 11.9 Å². The normalized spacial score (nSPS) is 11.4. The number of hydrogen-bond acceptors (Lipinski definition) is 3. The van der Waals surface area contributed by atoms with Gasteiger partial charge >= 0.3 is 0 Å². The molecular weight excluding hydrogens is 226 g/mol. The Hall–Kier alpha value is -1.58.